The van der Waals surface area contributed by atoms with Crippen molar-refractivity contribution in [3.8, 4) is 5.82 Å². The highest BCUT2D eigenvalue weighted by molar-refractivity contribution is 6.29. The van der Waals surface area contributed by atoms with E-state index in [1.54, 1.807) is 12.1 Å². The Balaban J connectivity index is 1.73. The number of amides is 1. The number of hydrogen-bond donors (Lipinski definition) is 1. The monoisotopic (exact) mass is 301 g/mol. The summed E-state index contributed by atoms with van der Waals surface area (Å²) in [6, 6.07) is 6.39. The molecule has 0 saturated carbocycles. The first-order valence-electron chi connectivity index (χ1n) is 5.84. The van der Waals surface area contributed by atoms with Crippen molar-refractivity contribution in [3.63, 3.8) is 0 Å². The van der Waals surface area contributed by atoms with Crippen molar-refractivity contribution in [2.75, 3.05) is 5.32 Å². The van der Waals surface area contributed by atoms with Gasteiger partial charge < -0.3 is 5.32 Å². The van der Waals surface area contributed by atoms with Crippen LogP contribution in [0.5, 0.6) is 0 Å². The maximum Gasteiger partial charge on any atom is 0.276 e. The highest BCUT2D eigenvalue weighted by Gasteiger charge is 2.09. The molecular weight excluding hydrogens is 294 g/mol. The first kappa shape index (κ1) is 13.1. The predicted octanol–water partition coefficient (Wildman–Crippen LogP) is 1.36. The molecule has 0 spiro atoms. The minimum atomic E-state index is -0.394. The van der Waals surface area contributed by atoms with E-state index in [9.17, 15) is 4.79 Å². The number of carbonyl (C=O) groups is 1. The lowest BCUT2D eigenvalue weighted by molar-refractivity contribution is 0.102. The van der Waals surface area contributed by atoms with Gasteiger partial charge >= 0.3 is 0 Å². The summed E-state index contributed by atoms with van der Waals surface area (Å²) in [4.78, 5) is 19.9. The van der Waals surface area contributed by atoms with Crippen LogP contribution in [-0.4, -0.2) is 35.9 Å². The van der Waals surface area contributed by atoms with Gasteiger partial charge in [-0.25, -0.2) is 14.6 Å². The maximum atomic E-state index is 11.9. The van der Waals surface area contributed by atoms with Crippen LogP contribution < -0.4 is 5.32 Å². The van der Waals surface area contributed by atoms with Crippen molar-refractivity contribution in [3.05, 3.63) is 54.0 Å². The molecule has 3 rings (SSSR count). The van der Waals surface area contributed by atoms with Gasteiger partial charge in [-0.05, 0) is 24.3 Å². The lowest BCUT2D eigenvalue weighted by Gasteiger charge is -2.05. The molecule has 0 radical (unpaired) electrons. The quantitative estimate of drug-likeness (QED) is 0.784. The molecule has 0 bridgehead atoms. The van der Waals surface area contributed by atoms with Crippen molar-refractivity contribution in [1.29, 1.82) is 0 Å². The number of nitrogens with zero attached hydrogens (tertiary/aromatic N) is 6. The van der Waals surface area contributed by atoms with E-state index in [4.69, 9.17) is 11.6 Å². The van der Waals surface area contributed by atoms with Gasteiger partial charge in [0, 0.05) is 0 Å². The second-order valence-electron chi connectivity index (χ2n) is 3.94. The highest BCUT2D eigenvalue weighted by atomic mass is 35.5. The molecule has 0 aliphatic rings. The topological polar surface area (TPSA) is 98.5 Å². The Morgan fingerprint density at radius 3 is 2.71 bits per heavy atom. The van der Waals surface area contributed by atoms with Crippen LogP contribution in [0.2, 0.25) is 5.15 Å². The number of carbonyl (C=O) groups excluding carboxylic acids is 1. The van der Waals surface area contributed by atoms with Crippen LogP contribution in [-0.2, 0) is 0 Å². The van der Waals surface area contributed by atoms with Gasteiger partial charge in [-0.1, -0.05) is 11.6 Å². The van der Waals surface area contributed by atoms with Gasteiger partial charge in [0.05, 0.1) is 11.9 Å². The molecule has 9 heteroatoms. The second-order valence-corrected chi connectivity index (χ2v) is 4.33. The summed E-state index contributed by atoms with van der Waals surface area (Å²) in [6.07, 6.45) is 4.46. The van der Waals surface area contributed by atoms with Gasteiger partial charge in [0.1, 0.15) is 12.7 Å². The number of aromatic nitrogens is 6. The summed E-state index contributed by atoms with van der Waals surface area (Å²) in [5.41, 5.74) is 0.695. The van der Waals surface area contributed by atoms with Gasteiger partial charge in [-0.3, -0.25) is 4.79 Å². The molecule has 0 fully saturated rings. The number of pyridine rings is 1. The number of nitrogens with one attached hydrogen (secondary N) is 1. The van der Waals surface area contributed by atoms with E-state index in [2.05, 4.69) is 30.6 Å². The van der Waals surface area contributed by atoms with Gasteiger partial charge in [0.2, 0.25) is 0 Å². The fourth-order valence-electron chi connectivity index (χ4n) is 1.55. The molecule has 1 N–H and O–H groups in total. The van der Waals surface area contributed by atoms with Crippen LogP contribution in [0.1, 0.15) is 10.5 Å². The smallest absolute Gasteiger partial charge is 0.276 e. The second kappa shape index (κ2) is 5.63. The van der Waals surface area contributed by atoms with E-state index in [1.165, 1.54) is 35.7 Å². The van der Waals surface area contributed by atoms with Gasteiger partial charge in [0.15, 0.2) is 16.7 Å². The van der Waals surface area contributed by atoms with Gasteiger partial charge in [-0.2, -0.15) is 5.10 Å². The van der Waals surface area contributed by atoms with Gasteiger partial charge in [-0.15, -0.1) is 10.2 Å². The largest absolute Gasteiger partial charge is 0.319 e. The maximum absolute atomic E-state index is 11.9. The summed E-state index contributed by atoms with van der Waals surface area (Å²) >= 11 is 5.61. The molecule has 0 unspecified atom stereocenters. The third-order valence-electron chi connectivity index (χ3n) is 2.52. The molecule has 3 aromatic heterocycles. The van der Waals surface area contributed by atoms with Crippen LogP contribution >= 0.6 is 11.6 Å². The normalized spacial score (nSPS) is 10.3. The zero-order valence-electron chi connectivity index (χ0n) is 10.5. The third-order valence-corrected chi connectivity index (χ3v) is 2.73. The Morgan fingerprint density at radius 1 is 1.19 bits per heavy atom. The van der Waals surface area contributed by atoms with Crippen molar-refractivity contribution in [1.82, 2.24) is 29.9 Å². The summed E-state index contributed by atoms with van der Waals surface area (Å²) in [5, 5.41) is 14.1. The van der Waals surface area contributed by atoms with Gasteiger partial charge in [0.25, 0.3) is 5.91 Å². The predicted molar refractivity (Wildman–Crippen MR) is 74.1 cm³/mol. The zero-order valence-corrected chi connectivity index (χ0v) is 11.3. The fraction of sp³-hybridized carbons (Fsp3) is 0. The van der Waals surface area contributed by atoms with E-state index in [0.29, 0.717) is 11.5 Å². The lowest BCUT2D eigenvalue weighted by Crippen LogP contribution is -2.14. The van der Waals surface area contributed by atoms with E-state index in [0.717, 1.165) is 0 Å². The molecule has 0 aromatic carbocycles. The zero-order chi connectivity index (χ0) is 14.7. The van der Waals surface area contributed by atoms with E-state index in [-0.39, 0.29) is 10.8 Å². The summed E-state index contributed by atoms with van der Waals surface area (Å²) in [7, 11) is 0. The molecular formula is C12H8ClN7O. The van der Waals surface area contributed by atoms with E-state index in [1.807, 2.05) is 0 Å². The number of halogens is 1. The Kier molecular flexibility index (Phi) is 3.52. The summed E-state index contributed by atoms with van der Waals surface area (Å²) in [5.74, 6) is 0.200. The summed E-state index contributed by atoms with van der Waals surface area (Å²) < 4.78 is 1.51. The van der Waals surface area contributed by atoms with Crippen LogP contribution in [0.3, 0.4) is 0 Å². The average Bonchev–Trinajstić information content (AvgIpc) is 3.03. The molecule has 0 saturated heterocycles. The highest BCUT2D eigenvalue weighted by Crippen LogP contribution is 2.10. The molecule has 1 amide bonds. The minimum absolute atomic E-state index is 0.166. The first-order chi connectivity index (χ1) is 10.2. The molecule has 0 aliphatic heterocycles. The average molecular weight is 302 g/mol. The Hall–Kier alpha value is -2.87. The van der Waals surface area contributed by atoms with Crippen molar-refractivity contribution < 1.29 is 4.79 Å². The first-order valence-corrected chi connectivity index (χ1v) is 6.22. The fourth-order valence-corrected chi connectivity index (χ4v) is 1.66. The summed E-state index contributed by atoms with van der Waals surface area (Å²) in [6.45, 7) is 0. The molecule has 21 heavy (non-hydrogen) atoms. The Morgan fingerprint density at radius 2 is 2.10 bits per heavy atom. The number of rotatable bonds is 3. The lowest BCUT2D eigenvalue weighted by atomic mass is 10.3. The van der Waals surface area contributed by atoms with Crippen molar-refractivity contribution >= 4 is 23.2 Å². The molecule has 3 heterocycles. The molecule has 8 nitrogen and oxygen atoms in total. The van der Waals surface area contributed by atoms with Crippen LogP contribution in [0.4, 0.5) is 5.69 Å². The van der Waals surface area contributed by atoms with E-state index < -0.39 is 5.91 Å². The molecule has 0 aliphatic carbocycles. The number of anilines is 1. The molecule has 0 atom stereocenters. The minimum Gasteiger partial charge on any atom is -0.319 e. The Bertz CT molecular complexity index is 740. The number of hydrogen-bond acceptors (Lipinski definition) is 6. The molecule has 3 aromatic rings. The van der Waals surface area contributed by atoms with Crippen LogP contribution in [0.25, 0.3) is 5.82 Å². The van der Waals surface area contributed by atoms with Crippen molar-refractivity contribution in [2.45, 2.75) is 0 Å². The molecule has 104 valence electrons. The SMILES string of the molecule is O=C(Nc1ccc(-n2cncn2)nc1)c1ccc(Cl)nn1. The standard InChI is InChI=1S/C12H8ClN7O/c13-10-3-2-9(18-19-10)12(21)17-8-1-4-11(15-5-8)20-7-14-6-16-20/h1-7H,(H,17,21). The van der Waals surface area contributed by atoms with E-state index >= 15 is 0 Å². The van der Waals surface area contributed by atoms with Crippen LogP contribution in [0, 0.1) is 0 Å². The Labute approximate surface area is 123 Å². The van der Waals surface area contributed by atoms with Crippen molar-refractivity contribution in [2.24, 2.45) is 0 Å². The third kappa shape index (κ3) is 3.00. The van der Waals surface area contributed by atoms with Crippen LogP contribution in [0.15, 0.2) is 43.1 Å².